The number of Topliss-reactive ketones (excluding diaryl/α,β-unsaturated/α-hetero) is 1. The lowest BCUT2D eigenvalue weighted by Gasteiger charge is -2.42. The molecular weight excluding hydrogens is 637 g/mol. The molecule has 1 atom stereocenters. The lowest BCUT2D eigenvalue weighted by Crippen LogP contribution is -2.50. The van der Waals surface area contributed by atoms with Crippen molar-refractivity contribution in [2.24, 2.45) is 17.3 Å². The van der Waals surface area contributed by atoms with Crippen molar-refractivity contribution in [3.05, 3.63) is 23.8 Å². The topological polar surface area (TPSA) is 55.8 Å². The summed E-state index contributed by atoms with van der Waals surface area (Å²) in [6, 6.07) is 6.84. The molecule has 1 aliphatic carbocycles. The van der Waals surface area contributed by atoms with Gasteiger partial charge in [0, 0.05) is 29.0 Å². The fourth-order valence-corrected chi connectivity index (χ4v) is 7.60. The Balaban J connectivity index is 0.000000372. The van der Waals surface area contributed by atoms with E-state index in [9.17, 15) is 9.59 Å². The SMILES string of the molecule is CC(C)C(=O)C1(C)CCCO1.CCCC(C)(C)CC.CCCC1(CCC)C(=O)N(C2CC(CC)C2)c2cc([B]OC(C)(C)C(C)(C)S)ccc21. The Morgan fingerprint density at radius 3 is 2.04 bits per heavy atom. The van der Waals surface area contributed by atoms with Crippen LogP contribution in [0.5, 0.6) is 0 Å². The number of benzene rings is 1. The van der Waals surface area contributed by atoms with Gasteiger partial charge in [0.1, 0.15) is 5.60 Å². The minimum absolute atomic E-state index is 0.0955. The standard InChI is InChI=1S/C26H41BNO2S.C9H16O2.C8H18/c1-8-13-26(14-9-2)21-12-11-19(27-30-24(4,5)25(6,7)31)17-22(21)28(23(26)29)20-15-18(10-3)16-20;1-7(2)8(10)9(3)5-4-6-11-9;1-5-7-8(3,4)6-2/h11-12,17-18,20,31H,8-10,13-16H2,1-7H3;7H,4-6H2,1-3H3;5-7H2,1-4H3. The van der Waals surface area contributed by atoms with Gasteiger partial charge in [-0.1, -0.05) is 112 Å². The van der Waals surface area contributed by atoms with Crippen LogP contribution in [0.25, 0.3) is 0 Å². The van der Waals surface area contributed by atoms with Gasteiger partial charge in [0.2, 0.25) is 5.91 Å². The number of ether oxygens (including phenoxy) is 1. The van der Waals surface area contributed by atoms with E-state index in [2.05, 4.69) is 99.3 Å². The molecule has 2 aliphatic heterocycles. The van der Waals surface area contributed by atoms with Crippen LogP contribution in [-0.4, -0.2) is 47.8 Å². The van der Waals surface area contributed by atoms with E-state index in [4.69, 9.17) is 22.0 Å². The number of rotatable bonds is 15. The molecule has 1 radical (unpaired) electrons. The average Bonchev–Trinajstić information content (AvgIpc) is 3.56. The second-order valence-corrected chi connectivity index (χ2v) is 18.8. The van der Waals surface area contributed by atoms with E-state index < -0.39 is 11.2 Å². The number of nitrogens with zero attached hydrogens (tertiary/aromatic N) is 1. The Bertz CT molecular complexity index is 1220. The highest BCUT2D eigenvalue weighted by Gasteiger charge is 2.53. The molecule has 4 rings (SSSR count). The van der Waals surface area contributed by atoms with Gasteiger partial charge in [-0.25, -0.2) is 0 Å². The van der Waals surface area contributed by atoms with Crippen molar-refractivity contribution in [2.75, 3.05) is 11.5 Å². The minimum Gasteiger partial charge on any atom is -0.428 e. The maximum absolute atomic E-state index is 13.9. The Morgan fingerprint density at radius 2 is 1.62 bits per heavy atom. The molecule has 1 aromatic rings. The first-order valence-electron chi connectivity index (χ1n) is 20.1. The largest absolute Gasteiger partial charge is 0.428 e. The smallest absolute Gasteiger partial charge is 0.330 e. The van der Waals surface area contributed by atoms with Crippen LogP contribution in [0.3, 0.4) is 0 Å². The lowest BCUT2D eigenvalue weighted by atomic mass is 9.73. The average molecular weight is 713 g/mol. The number of carbonyl (C=O) groups is 2. The van der Waals surface area contributed by atoms with Gasteiger partial charge < -0.3 is 14.3 Å². The zero-order valence-corrected chi connectivity index (χ0v) is 35.7. The van der Waals surface area contributed by atoms with Crippen LogP contribution in [0.4, 0.5) is 5.69 Å². The third-order valence-corrected chi connectivity index (χ3v) is 12.6. The molecule has 1 amide bonds. The molecule has 2 heterocycles. The van der Waals surface area contributed by atoms with E-state index in [0.29, 0.717) is 17.4 Å². The molecule has 5 nitrogen and oxygen atoms in total. The zero-order chi connectivity index (χ0) is 38.1. The Hall–Kier alpha value is -1.31. The van der Waals surface area contributed by atoms with E-state index in [1.807, 2.05) is 28.3 Å². The molecule has 3 aliphatic rings. The summed E-state index contributed by atoms with van der Waals surface area (Å²) in [6.45, 7) is 30.6. The number of carbonyl (C=O) groups excluding carboxylic acids is 2. The van der Waals surface area contributed by atoms with Crippen molar-refractivity contribution < 1.29 is 19.0 Å². The number of thiol groups is 1. The first-order valence-corrected chi connectivity index (χ1v) is 20.5. The molecule has 1 aromatic carbocycles. The van der Waals surface area contributed by atoms with Gasteiger partial charge in [0.05, 0.1) is 11.0 Å². The minimum atomic E-state index is -0.464. The highest BCUT2D eigenvalue weighted by Crippen LogP contribution is 2.51. The van der Waals surface area contributed by atoms with Gasteiger partial charge in [-0.15, -0.1) is 0 Å². The summed E-state index contributed by atoms with van der Waals surface area (Å²) in [5, 5.41) is 0. The van der Waals surface area contributed by atoms with E-state index >= 15 is 0 Å². The summed E-state index contributed by atoms with van der Waals surface area (Å²) >= 11 is 4.71. The zero-order valence-electron chi connectivity index (χ0n) is 34.8. The van der Waals surface area contributed by atoms with Crippen molar-refractivity contribution in [1.29, 1.82) is 0 Å². The fraction of sp³-hybridized carbons (Fsp3) is 0.814. The molecule has 1 saturated carbocycles. The number of anilines is 1. The highest BCUT2D eigenvalue weighted by molar-refractivity contribution is 7.81. The summed E-state index contributed by atoms with van der Waals surface area (Å²) < 4.78 is 11.3. The summed E-state index contributed by atoms with van der Waals surface area (Å²) in [5.74, 6) is 1.43. The van der Waals surface area contributed by atoms with Crippen LogP contribution in [0, 0.1) is 17.3 Å². The van der Waals surface area contributed by atoms with Crippen molar-refractivity contribution in [3.63, 3.8) is 0 Å². The number of ketones is 1. The van der Waals surface area contributed by atoms with Crippen molar-refractivity contribution >= 4 is 43.0 Å². The maximum atomic E-state index is 13.9. The molecule has 0 aromatic heterocycles. The number of hydrogen-bond donors (Lipinski definition) is 1. The maximum Gasteiger partial charge on any atom is 0.330 e. The molecule has 0 bridgehead atoms. The van der Waals surface area contributed by atoms with Gasteiger partial charge in [-0.2, -0.15) is 12.6 Å². The normalized spacial score (nSPS) is 23.0. The van der Waals surface area contributed by atoms with Gasteiger partial charge >= 0.3 is 7.48 Å². The van der Waals surface area contributed by atoms with Crippen LogP contribution >= 0.6 is 12.6 Å². The Kier molecular flexibility index (Phi) is 16.7. The molecule has 0 N–H and O–H groups in total. The summed E-state index contributed by atoms with van der Waals surface area (Å²) in [7, 11) is 1.84. The van der Waals surface area contributed by atoms with Crippen LogP contribution in [0.15, 0.2) is 18.2 Å². The molecule has 1 unspecified atom stereocenters. The quantitative estimate of drug-likeness (QED) is 0.145. The monoisotopic (exact) mass is 713 g/mol. The third-order valence-electron chi connectivity index (χ3n) is 12.0. The molecule has 2 fully saturated rings. The van der Waals surface area contributed by atoms with Crippen LogP contribution < -0.4 is 10.4 Å². The summed E-state index contributed by atoms with van der Waals surface area (Å²) in [6.07, 6.45) is 13.2. The summed E-state index contributed by atoms with van der Waals surface area (Å²) in [4.78, 5) is 27.6. The van der Waals surface area contributed by atoms with Crippen LogP contribution in [0.1, 0.15) is 180 Å². The number of amides is 1. The number of fused-ring (bicyclic) bond motifs is 1. The molecular formula is C43H75BNO4S. The second-order valence-electron chi connectivity index (χ2n) is 17.7. The van der Waals surface area contributed by atoms with Gasteiger partial charge in [0.25, 0.3) is 0 Å². The molecule has 285 valence electrons. The molecule has 50 heavy (non-hydrogen) atoms. The first-order chi connectivity index (χ1) is 23.2. The third kappa shape index (κ3) is 10.9. The Morgan fingerprint density at radius 1 is 1.02 bits per heavy atom. The second kappa shape index (κ2) is 18.6. The molecule has 7 heteroatoms. The van der Waals surface area contributed by atoms with Crippen molar-refractivity contribution in [3.8, 4) is 0 Å². The van der Waals surface area contributed by atoms with Crippen LogP contribution in [-0.2, 0) is 24.4 Å². The van der Waals surface area contributed by atoms with Gasteiger partial charge in [-0.3, -0.25) is 9.59 Å². The van der Waals surface area contributed by atoms with E-state index in [0.717, 1.165) is 75.0 Å². The van der Waals surface area contributed by atoms with Crippen LogP contribution in [0.2, 0.25) is 0 Å². The Labute approximate surface area is 314 Å². The highest BCUT2D eigenvalue weighted by atomic mass is 32.1. The van der Waals surface area contributed by atoms with Gasteiger partial charge in [-0.05, 0) is 103 Å². The van der Waals surface area contributed by atoms with E-state index in [-0.39, 0.29) is 21.9 Å². The van der Waals surface area contributed by atoms with E-state index in [1.54, 1.807) is 0 Å². The van der Waals surface area contributed by atoms with E-state index in [1.165, 1.54) is 31.2 Å². The predicted molar refractivity (Wildman–Crippen MR) is 218 cm³/mol. The summed E-state index contributed by atoms with van der Waals surface area (Å²) in [5.41, 5.74) is 2.71. The molecule has 0 spiro atoms. The van der Waals surface area contributed by atoms with Crippen molar-refractivity contribution in [1.82, 2.24) is 0 Å². The van der Waals surface area contributed by atoms with Gasteiger partial charge in [0.15, 0.2) is 5.78 Å². The molecule has 1 saturated heterocycles. The predicted octanol–water partition coefficient (Wildman–Crippen LogP) is 10.8. The lowest BCUT2D eigenvalue weighted by molar-refractivity contribution is -0.140. The number of hydrogen-bond acceptors (Lipinski definition) is 5. The fourth-order valence-electron chi connectivity index (χ4n) is 7.55. The first kappa shape index (κ1) is 44.9. The van der Waals surface area contributed by atoms with Crippen molar-refractivity contribution in [2.45, 2.75) is 201 Å².